The molecule has 0 saturated heterocycles. The molecule has 0 aliphatic carbocycles. The molecule has 0 heterocycles. The van der Waals surface area contributed by atoms with Gasteiger partial charge in [-0.05, 0) is 31.5 Å². The zero-order valence-corrected chi connectivity index (χ0v) is 12.3. The highest BCUT2D eigenvalue weighted by Gasteiger charge is 2.19. The molecule has 0 radical (unpaired) electrons. The van der Waals surface area contributed by atoms with Gasteiger partial charge in [0.2, 0.25) is 0 Å². The number of carbonyl (C=O) groups is 1. The van der Waals surface area contributed by atoms with Gasteiger partial charge < -0.3 is 20.6 Å². The Kier molecular flexibility index (Phi) is 5.37. The van der Waals surface area contributed by atoms with Crippen LogP contribution in [0.2, 0.25) is 0 Å². The first-order chi connectivity index (χ1) is 9.40. The number of carbonyl (C=O) groups excluding carboxylic acids is 1. The molecule has 1 aromatic rings. The Labute approximate surface area is 118 Å². The van der Waals surface area contributed by atoms with Crippen LogP contribution in [0.15, 0.2) is 23.4 Å². The minimum absolute atomic E-state index is 0.0960. The van der Waals surface area contributed by atoms with Gasteiger partial charge in [0.05, 0.1) is 7.11 Å². The molecule has 6 heteroatoms. The molecule has 0 fully saturated rings. The Hall–Kier alpha value is -2.24. The molecule has 20 heavy (non-hydrogen) atoms. The third-order valence-corrected chi connectivity index (χ3v) is 3.27. The van der Waals surface area contributed by atoms with Gasteiger partial charge in [-0.2, -0.15) is 0 Å². The minimum atomic E-state index is -0.175. The van der Waals surface area contributed by atoms with Gasteiger partial charge in [-0.25, -0.2) is 0 Å². The second-order valence-electron chi connectivity index (χ2n) is 4.74. The summed E-state index contributed by atoms with van der Waals surface area (Å²) in [6, 6.07) is 5.14. The van der Waals surface area contributed by atoms with Crippen molar-refractivity contribution >= 4 is 11.7 Å². The third-order valence-electron chi connectivity index (χ3n) is 3.27. The predicted octanol–water partition coefficient (Wildman–Crippen LogP) is 1.60. The van der Waals surface area contributed by atoms with Gasteiger partial charge in [-0.1, -0.05) is 11.2 Å². The molecular weight excluding hydrogens is 258 g/mol. The number of hydrogen-bond acceptors (Lipinski definition) is 4. The van der Waals surface area contributed by atoms with Crippen molar-refractivity contribution in [1.82, 2.24) is 4.90 Å². The molecule has 6 nitrogen and oxygen atoms in total. The van der Waals surface area contributed by atoms with Crippen molar-refractivity contribution in [2.45, 2.75) is 26.3 Å². The lowest BCUT2D eigenvalue weighted by atomic mass is 10.1. The molecule has 110 valence electrons. The van der Waals surface area contributed by atoms with Gasteiger partial charge in [0.15, 0.2) is 0 Å². The van der Waals surface area contributed by atoms with E-state index in [0.717, 1.165) is 5.56 Å². The van der Waals surface area contributed by atoms with E-state index in [1.165, 1.54) is 0 Å². The molecule has 0 bridgehead atoms. The summed E-state index contributed by atoms with van der Waals surface area (Å²) in [6.45, 7) is 3.75. The zero-order valence-electron chi connectivity index (χ0n) is 12.3. The van der Waals surface area contributed by atoms with Crippen LogP contribution in [0.5, 0.6) is 5.75 Å². The highest BCUT2D eigenvalue weighted by atomic mass is 16.5. The Morgan fingerprint density at radius 2 is 2.20 bits per heavy atom. The third kappa shape index (κ3) is 3.63. The number of rotatable bonds is 5. The number of benzene rings is 1. The molecule has 1 amide bonds. The Bertz CT molecular complexity index is 514. The van der Waals surface area contributed by atoms with Gasteiger partial charge in [0, 0.05) is 25.1 Å². The topological polar surface area (TPSA) is 88.2 Å². The van der Waals surface area contributed by atoms with Gasteiger partial charge in [-0.15, -0.1) is 0 Å². The van der Waals surface area contributed by atoms with Crippen LogP contribution < -0.4 is 10.5 Å². The smallest absolute Gasteiger partial charge is 0.253 e. The number of nitrogens with zero attached hydrogens (tertiary/aromatic N) is 2. The normalized spacial score (nSPS) is 12.9. The molecule has 0 aromatic heterocycles. The van der Waals surface area contributed by atoms with E-state index in [0.29, 0.717) is 17.7 Å². The fourth-order valence-corrected chi connectivity index (χ4v) is 1.84. The summed E-state index contributed by atoms with van der Waals surface area (Å²) in [7, 11) is 3.26. The minimum Gasteiger partial charge on any atom is -0.496 e. The van der Waals surface area contributed by atoms with Crippen LogP contribution in [0.25, 0.3) is 0 Å². The lowest BCUT2D eigenvalue weighted by Crippen LogP contribution is -2.37. The number of nitrogens with two attached hydrogens (primary N) is 1. The van der Waals surface area contributed by atoms with Gasteiger partial charge in [0.25, 0.3) is 5.91 Å². The first kappa shape index (κ1) is 15.8. The van der Waals surface area contributed by atoms with E-state index < -0.39 is 0 Å². The maximum Gasteiger partial charge on any atom is 0.253 e. The van der Waals surface area contributed by atoms with Crippen molar-refractivity contribution in [2.24, 2.45) is 10.9 Å². The Morgan fingerprint density at radius 1 is 1.55 bits per heavy atom. The van der Waals surface area contributed by atoms with E-state index in [1.54, 1.807) is 31.2 Å². The summed E-state index contributed by atoms with van der Waals surface area (Å²) in [5, 5.41) is 11.5. The molecule has 0 aliphatic heterocycles. The monoisotopic (exact) mass is 279 g/mol. The second kappa shape index (κ2) is 6.79. The number of amidine groups is 1. The quantitative estimate of drug-likeness (QED) is 0.371. The van der Waals surface area contributed by atoms with E-state index in [2.05, 4.69) is 5.16 Å². The van der Waals surface area contributed by atoms with Crippen LogP contribution in [-0.4, -0.2) is 42.0 Å². The van der Waals surface area contributed by atoms with Crippen molar-refractivity contribution in [2.75, 3.05) is 14.2 Å². The molecule has 0 aliphatic rings. The fraction of sp³-hybridized carbons (Fsp3) is 0.429. The lowest BCUT2D eigenvalue weighted by molar-refractivity contribution is 0.0747. The number of ether oxygens (including phenoxy) is 1. The highest BCUT2D eigenvalue weighted by Crippen LogP contribution is 2.20. The summed E-state index contributed by atoms with van der Waals surface area (Å²) in [4.78, 5) is 13.9. The second-order valence-corrected chi connectivity index (χ2v) is 4.74. The van der Waals surface area contributed by atoms with E-state index in [9.17, 15) is 4.79 Å². The van der Waals surface area contributed by atoms with Gasteiger partial charge in [0.1, 0.15) is 11.6 Å². The van der Waals surface area contributed by atoms with Crippen molar-refractivity contribution in [3.05, 3.63) is 29.3 Å². The number of amides is 1. The fourth-order valence-electron chi connectivity index (χ4n) is 1.84. The SMILES string of the molecule is COc1cc(C(=O)N(C)C(C)CC(N)=NO)ccc1C. The molecule has 0 spiro atoms. The lowest BCUT2D eigenvalue weighted by Gasteiger charge is -2.24. The van der Waals surface area contributed by atoms with Crippen LogP contribution in [0.1, 0.15) is 29.3 Å². The van der Waals surface area contributed by atoms with Gasteiger partial charge >= 0.3 is 0 Å². The average Bonchev–Trinajstić information content (AvgIpc) is 2.45. The average molecular weight is 279 g/mol. The van der Waals surface area contributed by atoms with Crippen LogP contribution in [-0.2, 0) is 0 Å². The van der Waals surface area contributed by atoms with E-state index in [-0.39, 0.29) is 17.8 Å². The van der Waals surface area contributed by atoms with Crippen molar-refractivity contribution in [3.63, 3.8) is 0 Å². The van der Waals surface area contributed by atoms with Gasteiger partial charge in [-0.3, -0.25) is 4.79 Å². The molecule has 1 unspecified atom stereocenters. The first-order valence-corrected chi connectivity index (χ1v) is 6.28. The van der Waals surface area contributed by atoms with E-state index in [1.807, 2.05) is 19.9 Å². The standard InChI is InChI=1S/C14H21N3O3/c1-9-5-6-11(8-12(9)20-4)14(18)17(3)10(2)7-13(15)16-19/h5-6,8,10,19H,7H2,1-4H3,(H2,15,16). The van der Waals surface area contributed by atoms with Crippen molar-refractivity contribution in [1.29, 1.82) is 0 Å². The Morgan fingerprint density at radius 3 is 2.75 bits per heavy atom. The van der Waals surface area contributed by atoms with Crippen molar-refractivity contribution < 1.29 is 14.7 Å². The number of oxime groups is 1. The first-order valence-electron chi connectivity index (χ1n) is 6.28. The molecule has 0 saturated carbocycles. The summed E-state index contributed by atoms with van der Waals surface area (Å²) >= 11 is 0. The molecule has 1 atom stereocenters. The molecule has 3 N–H and O–H groups in total. The molecular formula is C14H21N3O3. The van der Waals surface area contributed by atoms with E-state index >= 15 is 0 Å². The summed E-state index contributed by atoms with van der Waals surface area (Å²) < 4.78 is 5.22. The largest absolute Gasteiger partial charge is 0.496 e. The van der Waals surface area contributed by atoms with Crippen molar-refractivity contribution in [3.8, 4) is 5.75 Å². The van der Waals surface area contributed by atoms with Crippen LogP contribution in [0.4, 0.5) is 0 Å². The van der Waals surface area contributed by atoms with E-state index in [4.69, 9.17) is 15.7 Å². The maximum atomic E-state index is 12.4. The highest BCUT2D eigenvalue weighted by molar-refractivity contribution is 5.95. The van der Waals surface area contributed by atoms with Crippen LogP contribution in [0.3, 0.4) is 0 Å². The molecule has 1 rings (SSSR count). The summed E-state index contributed by atoms with van der Waals surface area (Å²) in [5.41, 5.74) is 6.97. The number of methoxy groups -OCH3 is 1. The predicted molar refractivity (Wildman–Crippen MR) is 77.3 cm³/mol. The number of aryl methyl sites for hydroxylation is 1. The maximum absolute atomic E-state index is 12.4. The zero-order chi connectivity index (χ0) is 15.3. The number of hydrogen-bond donors (Lipinski definition) is 2. The summed E-state index contributed by atoms with van der Waals surface area (Å²) in [6.07, 6.45) is 0.307. The summed E-state index contributed by atoms with van der Waals surface area (Å²) in [5.74, 6) is 0.633. The van der Waals surface area contributed by atoms with Crippen LogP contribution in [0, 0.1) is 6.92 Å². The molecule has 1 aromatic carbocycles. The Balaban J connectivity index is 2.88. The van der Waals surface area contributed by atoms with Crippen LogP contribution >= 0.6 is 0 Å².